The van der Waals surface area contributed by atoms with Gasteiger partial charge in [0.1, 0.15) is 5.52 Å². The summed E-state index contributed by atoms with van der Waals surface area (Å²) < 4.78 is 0. The van der Waals surface area contributed by atoms with Crippen molar-refractivity contribution in [1.82, 2.24) is 15.0 Å². The second-order valence-corrected chi connectivity index (χ2v) is 2.48. The summed E-state index contributed by atoms with van der Waals surface area (Å²) in [6, 6.07) is 1.80. The summed E-state index contributed by atoms with van der Waals surface area (Å²) in [6.45, 7) is 7.42. The molecule has 0 aliphatic carbocycles. The van der Waals surface area contributed by atoms with Crippen LogP contribution in [0, 0.1) is 0 Å². The van der Waals surface area contributed by atoms with Gasteiger partial charge in [0, 0.05) is 6.20 Å². The molecule has 2 aromatic heterocycles. The first-order valence-corrected chi connectivity index (χ1v) is 3.53. The van der Waals surface area contributed by atoms with Crippen LogP contribution in [0.2, 0.25) is 0 Å². The molecule has 2 heterocycles. The molecule has 58 valence electrons. The van der Waals surface area contributed by atoms with Gasteiger partial charge >= 0.3 is 0 Å². The third-order valence-corrected chi connectivity index (χ3v) is 1.62. The third-order valence-electron chi connectivity index (χ3n) is 1.62. The van der Waals surface area contributed by atoms with Gasteiger partial charge in [-0.2, -0.15) is 0 Å². The Morgan fingerprint density at radius 3 is 2.42 bits per heavy atom. The molecule has 2 aromatic rings. The van der Waals surface area contributed by atoms with Crippen molar-refractivity contribution >= 4 is 24.2 Å². The zero-order valence-electron chi connectivity index (χ0n) is 6.49. The zero-order valence-corrected chi connectivity index (χ0v) is 6.49. The number of rotatable bonds is 0. The standard InChI is InChI=1S/C9H7N3/c1-6-7(2)12-9-5-10-4-3-8(9)11-6/h3-5H,1-2H2. The lowest BCUT2D eigenvalue weighted by atomic mass is 10.4. The van der Waals surface area contributed by atoms with Gasteiger partial charge in [-0.05, 0) is 6.07 Å². The summed E-state index contributed by atoms with van der Waals surface area (Å²) in [5.41, 5.74) is 1.57. The summed E-state index contributed by atoms with van der Waals surface area (Å²) >= 11 is 0. The molecule has 0 radical (unpaired) electrons. The maximum atomic E-state index is 4.20. The van der Waals surface area contributed by atoms with Gasteiger partial charge in [-0.1, -0.05) is 13.2 Å². The molecule has 0 aliphatic rings. The molecule has 0 spiro atoms. The molecule has 0 atom stereocenters. The van der Waals surface area contributed by atoms with Gasteiger partial charge in [0.2, 0.25) is 0 Å². The van der Waals surface area contributed by atoms with Gasteiger partial charge in [-0.3, -0.25) is 4.98 Å². The van der Waals surface area contributed by atoms with Gasteiger partial charge in [0.05, 0.1) is 22.4 Å². The highest BCUT2D eigenvalue weighted by atomic mass is 14.8. The van der Waals surface area contributed by atoms with Crippen LogP contribution >= 0.6 is 0 Å². The van der Waals surface area contributed by atoms with Crippen molar-refractivity contribution < 1.29 is 0 Å². The van der Waals surface area contributed by atoms with Crippen LogP contribution in [0.1, 0.15) is 0 Å². The summed E-state index contributed by atoms with van der Waals surface area (Å²) in [4.78, 5) is 12.3. The lowest BCUT2D eigenvalue weighted by molar-refractivity contribution is 1.16. The Morgan fingerprint density at radius 1 is 1.00 bits per heavy atom. The highest BCUT2D eigenvalue weighted by Gasteiger charge is 1.93. The first kappa shape index (κ1) is 6.91. The van der Waals surface area contributed by atoms with E-state index in [4.69, 9.17) is 0 Å². The van der Waals surface area contributed by atoms with Crippen molar-refractivity contribution in [3.8, 4) is 0 Å². The smallest absolute Gasteiger partial charge is 0.108 e. The topological polar surface area (TPSA) is 38.7 Å². The Balaban J connectivity index is 3.03. The SMILES string of the molecule is C=c1nc2ccncc2nc1=C. The minimum atomic E-state index is 0.607. The van der Waals surface area contributed by atoms with E-state index in [0.29, 0.717) is 10.7 Å². The van der Waals surface area contributed by atoms with Gasteiger partial charge < -0.3 is 0 Å². The Morgan fingerprint density at radius 2 is 1.67 bits per heavy atom. The van der Waals surface area contributed by atoms with Crippen LogP contribution in [-0.2, 0) is 0 Å². The van der Waals surface area contributed by atoms with Crippen LogP contribution in [-0.4, -0.2) is 15.0 Å². The van der Waals surface area contributed by atoms with Crippen molar-refractivity contribution in [2.24, 2.45) is 0 Å². The van der Waals surface area contributed by atoms with Crippen molar-refractivity contribution in [3.05, 3.63) is 29.2 Å². The molecule has 12 heavy (non-hydrogen) atoms. The van der Waals surface area contributed by atoms with Crippen LogP contribution in [0.25, 0.3) is 24.2 Å². The number of pyridine rings is 1. The van der Waals surface area contributed by atoms with Crippen LogP contribution in [0.15, 0.2) is 18.5 Å². The maximum absolute atomic E-state index is 4.20. The predicted octanol–water partition coefficient (Wildman–Crippen LogP) is -0.155. The Hall–Kier alpha value is -1.77. The van der Waals surface area contributed by atoms with Gasteiger partial charge in [0.25, 0.3) is 0 Å². The highest BCUT2D eigenvalue weighted by Crippen LogP contribution is 1.99. The van der Waals surface area contributed by atoms with E-state index < -0.39 is 0 Å². The van der Waals surface area contributed by atoms with Crippen LogP contribution in [0.4, 0.5) is 0 Å². The van der Waals surface area contributed by atoms with E-state index in [1.807, 2.05) is 0 Å². The number of nitrogens with zero attached hydrogens (tertiary/aromatic N) is 3. The minimum Gasteiger partial charge on any atom is -0.262 e. The molecular formula is C9H7N3. The Labute approximate surface area is 69.1 Å². The third kappa shape index (κ3) is 0.955. The van der Waals surface area contributed by atoms with Crippen molar-refractivity contribution in [3.63, 3.8) is 0 Å². The molecule has 0 saturated carbocycles. The Kier molecular flexibility index (Phi) is 1.37. The second kappa shape index (κ2) is 2.37. The molecule has 0 unspecified atom stereocenters. The molecule has 3 heteroatoms. The van der Waals surface area contributed by atoms with Crippen molar-refractivity contribution in [1.29, 1.82) is 0 Å². The van der Waals surface area contributed by atoms with Gasteiger partial charge in [-0.15, -0.1) is 0 Å². The fourth-order valence-corrected chi connectivity index (χ4v) is 0.979. The summed E-state index contributed by atoms with van der Waals surface area (Å²) in [7, 11) is 0. The fourth-order valence-electron chi connectivity index (χ4n) is 0.979. The molecule has 0 aromatic carbocycles. The lowest BCUT2D eigenvalue weighted by Gasteiger charge is -1.93. The fraction of sp³-hybridized carbons (Fsp3) is 0. The van der Waals surface area contributed by atoms with Crippen molar-refractivity contribution in [2.75, 3.05) is 0 Å². The van der Waals surface area contributed by atoms with E-state index in [1.165, 1.54) is 0 Å². The average Bonchev–Trinajstić information content (AvgIpc) is 2.07. The number of aromatic nitrogens is 3. The highest BCUT2D eigenvalue weighted by molar-refractivity contribution is 5.71. The number of fused-ring (bicyclic) bond motifs is 1. The average molecular weight is 157 g/mol. The first-order valence-electron chi connectivity index (χ1n) is 3.53. The predicted molar refractivity (Wildman–Crippen MR) is 47.6 cm³/mol. The monoisotopic (exact) mass is 157 g/mol. The molecule has 3 nitrogen and oxygen atoms in total. The van der Waals surface area contributed by atoms with Crippen LogP contribution in [0.3, 0.4) is 0 Å². The van der Waals surface area contributed by atoms with E-state index in [0.717, 1.165) is 11.0 Å². The quantitative estimate of drug-likeness (QED) is 0.533. The molecule has 0 bridgehead atoms. The summed E-state index contributed by atoms with van der Waals surface area (Å²) in [6.07, 6.45) is 3.34. The minimum absolute atomic E-state index is 0.607. The van der Waals surface area contributed by atoms with Gasteiger partial charge in [0.15, 0.2) is 0 Å². The van der Waals surface area contributed by atoms with Crippen LogP contribution < -0.4 is 10.7 Å². The molecular weight excluding hydrogens is 150 g/mol. The second-order valence-electron chi connectivity index (χ2n) is 2.48. The lowest BCUT2D eigenvalue weighted by Crippen LogP contribution is -2.28. The van der Waals surface area contributed by atoms with Crippen LogP contribution in [0.5, 0.6) is 0 Å². The molecule has 0 fully saturated rings. The molecule has 2 rings (SSSR count). The number of hydrogen-bond donors (Lipinski definition) is 0. The normalized spacial score (nSPS) is 10.3. The van der Waals surface area contributed by atoms with E-state index in [1.54, 1.807) is 18.5 Å². The molecule has 0 amide bonds. The van der Waals surface area contributed by atoms with E-state index in [-0.39, 0.29) is 0 Å². The zero-order chi connectivity index (χ0) is 8.55. The summed E-state index contributed by atoms with van der Waals surface area (Å²) in [5.74, 6) is 0. The first-order chi connectivity index (χ1) is 5.77. The van der Waals surface area contributed by atoms with E-state index in [9.17, 15) is 0 Å². The molecule has 0 saturated heterocycles. The molecule has 0 aliphatic heterocycles. The largest absolute Gasteiger partial charge is 0.262 e. The van der Waals surface area contributed by atoms with Crippen molar-refractivity contribution in [2.45, 2.75) is 0 Å². The number of hydrogen-bond acceptors (Lipinski definition) is 3. The van der Waals surface area contributed by atoms with Gasteiger partial charge in [-0.25, -0.2) is 9.97 Å². The Bertz CT molecular complexity index is 470. The molecule has 0 N–H and O–H groups in total. The van der Waals surface area contributed by atoms with E-state index in [2.05, 4.69) is 28.1 Å². The summed E-state index contributed by atoms with van der Waals surface area (Å²) in [5, 5.41) is 1.23. The van der Waals surface area contributed by atoms with E-state index >= 15 is 0 Å². The maximum Gasteiger partial charge on any atom is 0.108 e.